The van der Waals surface area contributed by atoms with Gasteiger partial charge in [0, 0.05) is 5.69 Å². The fourth-order valence-corrected chi connectivity index (χ4v) is 1.67. The van der Waals surface area contributed by atoms with E-state index in [1.807, 2.05) is 33.8 Å². The smallest absolute Gasteiger partial charge is 0.266 e. The number of hydrogen-bond acceptors (Lipinski definition) is 2. The summed E-state index contributed by atoms with van der Waals surface area (Å²) in [6.07, 6.45) is 0. The third-order valence-electron chi connectivity index (χ3n) is 2.45. The Morgan fingerprint density at radius 3 is 2.36 bits per heavy atom. The Balaban J connectivity index is 3.68. The van der Waals surface area contributed by atoms with Gasteiger partial charge >= 0.3 is 0 Å². The Kier molecular flexibility index (Phi) is 2.76. The van der Waals surface area contributed by atoms with E-state index in [0.29, 0.717) is 0 Å². The summed E-state index contributed by atoms with van der Waals surface area (Å²) in [5.74, 6) is 0.200. The van der Waals surface area contributed by atoms with E-state index in [2.05, 4.69) is 4.98 Å². The zero-order valence-corrected chi connectivity index (χ0v) is 8.93. The van der Waals surface area contributed by atoms with Crippen LogP contribution in [0.2, 0.25) is 0 Å². The first-order chi connectivity index (χ1) is 6.49. The van der Waals surface area contributed by atoms with E-state index >= 15 is 0 Å². The Bertz CT molecular complexity index is 450. The first kappa shape index (κ1) is 10.5. The van der Waals surface area contributed by atoms with E-state index < -0.39 is 0 Å². The summed E-state index contributed by atoms with van der Waals surface area (Å²) >= 11 is 0. The van der Waals surface area contributed by atoms with Crippen molar-refractivity contribution in [1.82, 2.24) is 4.98 Å². The van der Waals surface area contributed by atoms with Crippen LogP contribution in [-0.2, 0) is 0 Å². The molecular weight excluding hydrogens is 176 g/mol. The normalized spacial score (nSPS) is 10.3. The summed E-state index contributed by atoms with van der Waals surface area (Å²) in [6.45, 7) is 7.76. The van der Waals surface area contributed by atoms with Crippen LogP contribution in [0.1, 0.15) is 42.1 Å². The zero-order chi connectivity index (χ0) is 10.9. The molecule has 0 amide bonds. The van der Waals surface area contributed by atoms with E-state index in [0.717, 1.165) is 16.8 Å². The van der Waals surface area contributed by atoms with Crippen molar-refractivity contribution < 1.29 is 0 Å². The third kappa shape index (κ3) is 1.56. The van der Waals surface area contributed by atoms with Crippen molar-refractivity contribution in [1.29, 1.82) is 5.26 Å². The fourth-order valence-electron chi connectivity index (χ4n) is 1.67. The number of pyridine rings is 1. The minimum absolute atomic E-state index is 0.200. The Morgan fingerprint density at radius 1 is 1.36 bits per heavy atom. The number of nitriles is 1. The van der Waals surface area contributed by atoms with Gasteiger partial charge in [0.05, 0.1) is 0 Å². The summed E-state index contributed by atoms with van der Waals surface area (Å²) in [5.41, 5.74) is 2.70. The molecule has 1 N–H and O–H groups in total. The highest BCUT2D eigenvalue weighted by molar-refractivity contribution is 5.44. The van der Waals surface area contributed by atoms with Crippen molar-refractivity contribution >= 4 is 0 Å². The number of H-pyrrole nitrogens is 1. The molecule has 0 unspecified atom stereocenters. The maximum absolute atomic E-state index is 11.5. The molecule has 3 heteroatoms. The van der Waals surface area contributed by atoms with E-state index in [9.17, 15) is 4.79 Å². The van der Waals surface area contributed by atoms with Crippen LogP contribution in [0.4, 0.5) is 0 Å². The van der Waals surface area contributed by atoms with Crippen LogP contribution in [0.25, 0.3) is 0 Å². The van der Waals surface area contributed by atoms with Gasteiger partial charge in [0.25, 0.3) is 5.56 Å². The largest absolute Gasteiger partial charge is 0.325 e. The monoisotopic (exact) mass is 190 g/mol. The number of rotatable bonds is 1. The second-order valence-electron chi connectivity index (χ2n) is 3.76. The van der Waals surface area contributed by atoms with Crippen LogP contribution in [-0.4, -0.2) is 4.98 Å². The molecule has 1 heterocycles. The van der Waals surface area contributed by atoms with E-state index in [-0.39, 0.29) is 17.0 Å². The molecule has 0 aromatic carbocycles. The molecule has 74 valence electrons. The summed E-state index contributed by atoms with van der Waals surface area (Å²) in [6, 6.07) is 1.97. The molecule has 14 heavy (non-hydrogen) atoms. The maximum Gasteiger partial charge on any atom is 0.266 e. The van der Waals surface area contributed by atoms with Gasteiger partial charge in [0.2, 0.25) is 0 Å². The van der Waals surface area contributed by atoms with Crippen LogP contribution in [0.5, 0.6) is 0 Å². The second kappa shape index (κ2) is 3.67. The average Bonchev–Trinajstić information content (AvgIpc) is 2.10. The highest BCUT2D eigenvalue weighted by Crippen LogP contribution is 2.21. The average molecular weight is 190 g/mol. The molecule has 0 aliphatic carbocycles. The molecule has 0 spiro atoms. The number of nitrogens with one attached hydrogen (secondary N) is 1. The molecule has 1 aromatic rings. The summed E-state index contributed by atoms with van der Waals surface area (Å²) < 4.78 is 0. The van der Waals surface area contributed by atoms with Gasteiger partial charge < -0.3 is 4.98 Å². The number of aromatic amines is 1. The van der Waals surface area contributed by atoms with Gasteiger partial charge in [-0.2, -0.15) is 5.26 Å². The first-order valence-electron chi connectivity index (χ1n) is 4.62. The highest BCUT2D eigenvalue weighted by Gasteiger charge is 2.14. The number of nitrogens with zero attached hydrogens (tertiary/aromatic N) is 1. The molecule has 0 fully saturated rings. The molecule has 0 radical (unpaired) electrons. The van der Waals surface area contributed by atoms with Crippen LogP contribution >= 0.6 is 0 Å². The SMILES string of the molecule is Cc1[nH]c(=O)c(C#N)c(C(C)C)c1C. The lowest BCUT2D eigenvalue weighted by Crippen LogP contribution is -2.17. The standard InChI is InChI=1S/C11H14N2O/c1-6(2)10-7(3)8(4)13-11(14)9(10)5-12/h6H,1-4H3,(H,13,14). The van der Waals surface area contributed by atoms with Crippen molar-refractivity contribution in [2.24, 2.45) is 0 Å². The zero-order valence-electron chi connectivity index (χ0n) is 8.93. The van der Waals surface area contributed by atoms with E-state index in [1.165, 1.54) is 0 Å². The van der Waals surface area contributed by atoms with Gasteiger partial charge in [-0.25, -0.2) is 0 Å². The molecule has 0 bridgehead atoms. The molecule has 3 nitrogen and oxygen atoms in total. The van der Waals surface area contributed by atoms with E-state index in [1.54, 1.807) is 0 Å². The number of hydrogen-bond donors (Lipinski definition) is 1. The highest BCUT2D eigenvalue weighted by atomic mass is 16.1. The Hall–Kier alpha value is -1.56. The third-order valence-corrected chi connectivity index (χ3v) is 2.45. The molecular formula is C11H14N2O. The maximum atomic E-state index is 11.5. The molecule has 0 atom stereocenters. The minimum atomic E-state index is -0.278. The van der Waals surface area contributed by atoms with Gasteiger partial charge in [-0.05, 0) is 30.9 Å². The number of aromatic nitrogens is 1. The Labute approximate surface area is 83.4 Å². The minimum Gasteiger partial charge on any atom is -0.325 e. The second-order valence-corrected chi connectivity index (χ2v) is 3.76. The van der Waals surface area contributed by atoms with Crippen molar-refractivity contribution in [3.63, 3.8) is 0 Å². The van der Waals surface area contributed by atoms with Gasteiger partial charge in [0.15, 0.2) is 0 Å². The molecule has 0 aliphatic rings. The van der Waals surface area contributed by atoms with Crippen LogP contribution < -0.4 is 5.56 Å². The lowest BCUT2D eigenvalue weighted by atomic mass is 9.93. The molecule has 0 saturated heterocycles. The number of aryl methyl sites for hydroxylation is 1. The topological polar surface area (TPSA) is 56.6 Å². The lowest BCUT2D eigenvalue weighted by molar-refractivity contribution is 0.836. The van der Waals surface area contributed by atoms with E-state index in [4.69, 9.17) is 5.26 Å². The molecule has 0 aliphatic heterocycles. The molecule has 1 aromatic heterocycles. The molecule has 0 saturated carbocycles. The van der Waals surface area contributed by atoms with Crippen LogP contribution in [0.15, 0.2) is 4.79 Å². The summed E-state index contributed by atoms with van der Waals surface area (Å²) in [4.78, 5) is 14.1. The van der Waals surface area contributed by atoms with Crippen LogP contribution in [0, 0.1) is 25.2 Å². The predicted octanol–water partition coefficient (Wildman–Crippen LogP) is 1.99. The fraction of sp³-hybridized carbons (Fsp3) is 0.455. The first-order valence-corrected chi connectivity index (χ1v) is 4.62. The van der Waals surface area contributed by atoms with Gasteiger partial charge in [-0.3, -0.25) is 4.79 Å². The Morgan fingerprint density at radius 2 is 1.93 bits per heavy atom. The van der Waals surface area contributed by atoms with Crippen molar-refractivity contribution in [3.05, 3.63) is 32.7 Å². The van der Waals surface area contributed by atoms with Crippen LogP contribution in [0.3, 0.4) is 0 Å². The van der Waals surface area contributed by atoms with Gasteiger partial charge in [-0.1, -0.05) is 13.8 Å². The summed E-state index contributed by atoms with van der Waals surface area (Å²) in [7, 11) is 0. The molecule has 1 rings (SSSR count). The predicted molar refractivity (Wildman–Crippen MR) is 55.3 cm³/mol. The van der Waals surface area contributed by atoms with Crippen molar-refractivity contribution in [3.8, 4) is 6.07 Å². The van der Waals surface area contributed by atoms with Gasteiger partial charge in [-0.15, -0.1) is 0 Å². The summed E-state index contributed by atoms with van der Waals surface area (Å²) in [5, 5.41) is 8.89. The van der Waals surface area contributed by atoms with Crippen molar-refractivity contribution in [2.45, 2.75) is 33.6 Å². The van der Waals surface area contributed by atoms with Crippen molar-refractivity contribution in [2.75, 3.05) is 0 Å². The lowest BCUT2D eigenvalue weighted by Gasteiger charge is -2.12. The quantitative estimate of drug-likeness (QED) is 0.736. The van der Waals surface area contributed by atoms with Gasteiger partial charge in [0.1, 0.15) is 11.6 Å².